The number of piperidine rings is 1. The molecule has 1 amide bonds. The number of amides is 1. The summed E-state index contributed by atoms with van der Waals surface area (Å²) in [6.07, 6.45) is 9.20. The maximum Gasteiger partial charge on any atom is 0.255 e. The molecule has 3 heterocycles. The molecule has 0 atom stereocenters. The van der Waals surface area contributed by atoms with Gasteiger partial charge in [0, 0.05) is 38.2 Å². The van der Waals surface area contributed by atoms with E-state index in [1.807, 2.05) is 54.2 Å². The summed E-state index contributed by atoms with van der Waals surface area (Å²) in [5.41, 5.74) is 0.798. The highest BCUT2D eigenvalue weighted by molar-refractivity contribution is 5.94. The molecule has 0 aromatic carbocycles. The fourth-order valence-electron chi connectivity index (χ4n) is 3.18. The van der Waals surface area contributed by atoms with Gasteiger partial charge >= 0.3 is 0 Å². The number of aliphatic hydroxyl groups is 1. The third-order valence-corrected chi connectivity index (χ3v) is 4.88. The van der Waals surface area contributed by atoms with Gasteiger partial charge in [-0.3, -0.25) is 9.78 Å². The van der Waals surface area contributed by atoms with Crippen LogP contribution in [-0.4, -0.2) is 69.7 Å². The van der Waals surface area contributed by atoms with Crippen LogP contribution in [-0.2, 0) is 0 Å². The van der Waals surface area contributed by atoms with Crippen LogP contribution in [0.1, 0.15) is 29.6 Å². The van der Waals surface area contributed by atoms with E-state index < -0.39 is 5.60 Å². The second kappa shape index (κ2) is 7.37. The number of carbonyl (C=O) groups is 1. The molecule has 0 aliphatic carbocycles. The molecule has 25 heavy (non-hydrogen) atoms. The molecule has 0 radical (unpaired) electrons. The molecule has 134 valence electrons. The first-order chi connectivity index (χ1) is 12.0. The second-order valence-electron chi connectivity index (χ2n) is 7.09. The number of aromatic nitrogens is 2. The van der Waals surface area contributed by atoms with E-state index in [1.165, 1.54) is 0 Å². The molecule has 1 fully saturated rings. The van der Waals surface area contributed by atoms with Gasteiger partial charge in [0.25, 0.3) is 5.91 Å². The quantitative estimate of drug-likeness (QED) is 0.900. The van der Waals surface area contributed by atoms with Gasteiger partial charge in [0.1, 0.15) is 0 Å². The van der Waals surface area contributed by atoms with E-state index in [1.54, 1.807) is 12.4 Å². The van der Waals surface area contributed by atoms with Crippen molar-refractivity contribution in [3.63, 3.8) is 0 Å². The largest absolute Gasteiger partial charge is 0.390 e. The van der Waals surface area contributed by atoms with Crippen molar-refractivity contribution in [3.05, 3.63) is 48.5 Å². The lowest BCUT2D eigenvalue weighted by Crippen LogP contribution is -2.47. The van der Waals surface area contributed by atoms with Gasteiger partial charge in [-0.05, 0) is 51.6 Å². The summed E-state index contributed by atoms with van der Waals surface area (Å²) < 4.78 is 1.93. The van der Waals surface area contributed by atoms with Gasteiger partial charge < -0.3 is 19.5 Å². The van der Waals surface area contributed by atoms with Gasteiger partial charge in [0.15, 0.2) is 0 Å². The minimum absolute atomic E-state index is 0.0174. The van der Waals surface area contributed by atoms with Crippen molar-refractivity contribution in [2.45, 2.75) is 24.9 Å². The fraction of sp³-hybridized carbons (Fsp3) is 0.474. The second-order valence-corrected chi connectivity index (χ2v) is 7.09. The number of nitrogens with zero attached hydrogens (tertiary/aromatic N) is 4. The fourth-order valence-corrected chi connectivity index (χ4v) is 3.18. The summed E-state index contributed by atoms with van der Waals surface area (Å²) in [4.78, 5) is 20.9. The Balaban J connectivity index is 1.64. The molecule has 0 spiro atoms. The number of likely N-dealkylation sites (tertiary alicyclic amines) is 1. The average Bonchev–Trinajstić information content (AvgIpc) is 3.15. The van der Waals surface area contributed by atoms with E-state index in [0.29, 0.717) is 31.5 Å². The minimum Gasteiger partial charge on any atom is -0.390 e. The molecule has 0 saturated carbocycles. The van der Waals surface area contributed by atoms with Gasteiger partial charge in [0.2, 0.25) is 0 Å². The maximum atomic E-state index is 12.8. The normalized spacial score (nSPS) is 17.0. The Bertz CT molecular complexity index is 704. The van der Waals surface area contributed by atoms with E-state index in [9.17, 15) is 9.90 Å². The Morgan fingerprint density at radius 1 is 1.24 bits per heavy atom. The molecule has 2 aromatic heterocycles. The SMILES string of the molecule is CN(C)CCC1(O)CCN(C(=O)c2cncc(-n3cccc3)c2)CC1. The molecule has 1 aliphatic rings. The van der Waals surface area contributed by atoms with Crippen LogP contribution in [0.3, 0.4) is 0 Å². The van der Waals surface area contributed by atoms with Crippen molar-refractivity contribution in [2.75, 3.05) is 33.7 Å². The zero-order valence-electron chi connectivity index (χ0n) is 14.9. The van der Waals surface area contributed by atoms with Crippen LogP contribution in [0.15, 0.2) is 43.0 Å². The first kappa shape index (κ1) is 17.6. The van der Waals surface area contributed by atoms with Crippen molar-refractivity contribution < 1.29 is 9.90 Å². The van der Waals surface area contributed by atoms with Gasteiger partial charge in [-0.25, -0.2) is 0 Å². The molecule has 1 saturated heterocycles. The summed E-state index contributed by atoms with van der Waals surface area (Å²) in [5.74, 6) is -0.0174. The van der Waals surface area contributed by atoms with Crippen LogP contribution in [0, 0.1) is 0 Å². The third-order valence-electron chi connectivity index (χ3n) is 4.88. The number of pyridine rings is 1. The number of hydrogen-bond donors (Lipinski definition) is 1. The predicted octanol–water partition coefficient (Wildman–Crippen LogP) is 1.79. The van der Waals surface area contributed by atoms with Gasteiger partial charge in [0.05, 0.1) is 23.0 Å². The third kappa shape index (κ3) is 4.27. The Morgan fingerprint density at radius 3 is 2.56 bits per heavy atom. The standard InChI is InChI=1S/C19H26N4O2/c1-21(2)10-5-19(25)6-11-23(12-7-19)18(24)16-13-17(15-20-14-16)22-8-3-4-9-22/h3-4,8-9,13-15,25H,5-7,10-12H2,1-2H3. The van der Waals surface area contributed by atoms with Crippen LogP contribution in [0.2, 0.25) is 0 Å². The van der Waals surface area contributed by atoms with E-state index in [-0.39, 0.29) is 5.91 Å². The first-order valence-corrected chi connectivity index (χ1v) is 8.72. The number of rotatable bonds is 5. The summed E-state index contributed by atoms with van der Waals surface area (Å²) >= 11 is 0. The maximum absolute atomic E-state index is 12.8. The highest BCUT2D eigenvalue weighted by atomic mass is 16.3. The molecular formula is C19H26N4O2. The highest BCUT2D eigenvalue weighted by Crippen LogP contribution is 2.26. The smallest absolute Gasteiger partial charge is 0.255 e. The van der Waals surface area contributed by atoms with Crippen LogP contribution in [0.5, 0.6) is 0 Å². The van der Waals surface area contributed by atoms with Gasteiger partial charge in [-0.2, -0.15) is 0 Å². The molecule has 1 N–H and O–H groups in total. The van der Waals surface area contributed by atoms with Crippen LogP contribution < -0.4 is 0 Å². The molecule has 3 rings (SSSR count). The van der Waals surface area contributed by atoms with Crippen LogP contribution in [0.4, 0.5) is 0 Å². The summed E-state index contributed by atoms with van der Waals surface area (Å²) in [7, 11) is 4.01. The van der Waals surface area contributed by atoms with Crippen molar-refractivity contribution >= 4 is 5.91 Å². The molecule has 0 bridgehead atoms. The lowest BCUT2D eigenvalue weighted by Gasteiger charge is -2.38. The Labute approximate surface area is 148 Å². The van der Waals surface area contributed by atoms with Crippen LogP contribution >= 0.6 is 0 Å². The zero-order valence-corrected chi connectivity index (χ0v) is 14.9. The van der Waals surface area contributed by atoms with Crippen molar-refractivity contribution in [1.82, 2.24) is 19.4 Å². The van der Waals surface area contributed by atoms with Crippen molar-refractivity contribution in [1.29, 1.82) is 0 Å². The Kier molecular flexibility index (Phi) is 5.20. The topological polar surface area (TPSA) is 61.6 Å². The van der Waals surface area contributed by atoms with Gasteiger partial charge in [-0.1, -0.05) is 0 Å². The van der Waals surface area contributed by atoms with Gasteiger partial charge in [-0.15, -0.1) is 0 Å². The Hall–Kier alpha value is -2.18. The average molecular weight is 342 g/mol. The number of hydrogen-bond acceptors (Lipinski definition) is 4. The van der Waals surface area contributed by atoms with E-state index in [0.717, 1.165) is 18.7 Å². The van der Waals surface area contributed by atoms with E-state index in [2.05, 4.69) is 9.88 Å². The number of carbonyl (C=O) groups excluding carboxylic acids is 1. The monoisotopic (exact) mass is 342 g/mol. The molecule has 6 heteroatoms. The van der Waals surface area contributed by atoms with E-state index >= 15 is 0 Å². The molecule has 1 aliphatic heterocycles. The molecular weight excluding hydrogens is 316 g/mol. The molecule has 0 unspecified atom stereocenters. The lowest BCUT2D eigenvalue weighted by atomic mass is 9.88. The molecule has 6 nitrogen and oxygen atoms in total. The Morgan fingerprint density at radius 2 is 1.92 bits per heavy atom. The molecule has 2 aromatic rings. The summed E-state index contributed by atoms with van der Waals surface area (Å²) in [5, 5.41) is 10.7. The zero-order chi connectivity index (χ0) is 17.9. The van der Waals surface area contributed by atoms with Crippen molar-refractivity contribution in [2.24, 2.45) is 0 Å². The van der Waals surface area contributed by atoms with Crippen LogP contribution in [0.25, 0.3) is 5.69 Å². The lowest BCUT2D eigenvalue weighted by molar-refractivity contribution is -0.0266. The minimum atomic E-state index is -0.660. The first-order valence-electron chi connectivity index (χ1n) is 8.72. The summed E-state index contributed by atoms with van der Waals surface area (Å²) in [6, 6.07) is 5.74. The van der Waals surface area contributed by atoms with Crippen molar-refractivity contribution in [3.8, 4) is 5.69 Å². The highest BCUT2D eigenvalue weighted by Gasteiger charge is 2.34. The van der Waals surface area contributed by atoms with E-state index in [4.69, 9.17) is 0 Å². The summed E-state index contributed by atoms with van der Waals surface area (Å²) in [6.45, 7) is 2.01. The predicted molar refractivity (Wildman–Crippen MR) is 96.8 cm³/mol.